The summed E-state index contributed by atoms with van der Waals surface area (Å²) < 4.78 is 0. The summed E-state index contributed by atoms with van der Waals surface area (Å²) >= 11 is 0. The van der Waals surface area contributed by atoms with Crippen LogP contribution >= 0.6 is 0 Å². The van der Waals surface area contributed by atoms with E-state index in [0.29, 0.717) is 5.92 Å². The second-order valence-electron chi connectivity index (χ2n) is 5.29. The van der Waals surface area contributed by atoms with Crippen LogP contribution in [0.2, 0.25) is 0 Å². The standard InChI is InChI=1S/C16H19N3O/c1-12-4-2-3-5-15(12)19-16(20)14(11-17)10-13-6-8-18-9-7-13/h6-10,12,15H,2-5H2,1H3,(H,19,20)/b14-10+/t12-,15+/m1/s1. The Morgan fingerprint density at radius 3 is 2.75 bits per heavy atom. The highest BCUT2D eigenvalue weighted by molar-refractivity contribution is 6.01. The number of aromatic nitrogens is 1. The van der Waals surface area contributed by atoms with E-state index in [1.54, 1.807) is 30.6 Å². The molecule has 1 aliphatic carbocycles. The maximum absolute atomic E-state index is 12.2. The molecule has 1 aromatic rings. The van der Waals surface area contributed by atoms with E-state index in [4.69, 9.17) is 5.26 Å². The Morgan fingerprint density at radius 2 is 2.10 bits per heavy atom. The number of amides is 1. The number of carbonyl (C=O) groups is 1. The number of hydrogen-bond acceptors (Lipinski definition) is 3. The molecule has 1 fully saturated rings. The molecule has 4 nitrogen and oxygen atoms in total. The van der Waals surface area contributed by atoms with Gasteiger partial charge in [0.05, 0.1) is 0 Å². The van der Waals surface area contributed by atoms with Crippen LogP contribution in [0, 0.1) is 17.2 Å². The molecule has 0 aliphatic heterocycles. The lowest BCUT2D eigenvalue weighted by Crippen LogP contribution is -2.41. The fraction of sp³-hybridized carbons (Fsp3) is 0.438. The van der Waals surface area contributed by atoms with Gasteiger partial charge in [-0.05, 0) is 42.5 Å². The van der Waals surface area contributed by atoms with Crippen LogP contribution in [0.4, 0.5) is 0 Å². The fourth-order valence-electron chi connectivity index (χ4n) is 2.55. The third-order valence-electron chi connectivity index (χ3n) is 3.81. The summed E-state index contributed by atoms with van der Waals surface area (Å²) in [6, 6.07) is 5.71. The quantitative estimate of drug-likeness (QED) is 0.677. The summed E-state index contributed by atoms with van der Waals surface area (Å²) in [5.41, 5.74) is 0.956. The summed E-state index contributed by atoms with van der Waals surface area (Å²) in [5.74, 6) is 0.205. The van der Waals surface area contributed by atoms with Gasteiger partial charge in [-0.25, -0.2) is 0 Å². The monoisotopic (exact) mass is 269 g/mol. The van der Waals surface area contributed by atoms with Crippen LogP contribution < -0.4 is 5.32 Å². The molecule has 0 bridgehead atoms. The summed E-state index contributed by atoms with van der Waals surface area (Å²) in [5, 5.41) is 12.2. The highest BCUT2D eigenvalue weighted by Gasteiger charge is 2.23. The van der Waals surface area contributed by atoms with Crippen molar-refractivity contribution in [3.8, 4) is 6.07 Å². The number of rotatable bonds is 3. The first-order chi connectivity index (χ1) is 9.70. The maximum atomic E-state index is 12.2. The average Bonchev–Trinajstić information content (AvgIpc) is 2.48. The first-order valence-electron chi connectivity index (χ1n) is 7.03. The van der Waals surface area contributed by atoms with Gasteiger partial charge in [0.2, 0.25) is 0 Å². The van der Waals surface area contributed by atoms with Crippen LogP contribution in [-0.2, 0) is 4.79 Å². The van der Waals surface area contributed by atoms with Crippen LogP contribution in [-0.4, -0.2) is 16.9 Å². The second kappa shape index (κ2) is 6.85. The van der Waals surface area contributed by atoms with Crippen molar-refractivity contribution in [2.45, 2.75) is 38.6 Å². The molecule has 4 heteroatoms. The smallest absolute Gasteiger partial charge is 0.262 e. The van der Waals surface area contributed by atoms with Gasteiger partial charge in [-0.3, -0.25) is 9.78 Å². The van der Waals surface area contributed by atoms with Crippen LogP contribution in [0.5, 0.6) is 0 Å². The minimum Gasteiger partial charge on any atom is -0.348 e. The third kappa shape index (κ3) is 3.67. The summed E-state index contributed by atoms with van der Waals surface area (Å²) in [6.07, 6.45) is 9.40. The van der Waals surface area contributed by atoms with Gasteiger partial charge in [0.25, 0.3) is 5.91 Å². The minimum atomic E-state index is -0.275. The molecule has 2 atom stereocenters. The van der Waals surface area contributed by atoms with Gasteiger partial charge in [0, 0.05) is 18.4 Å². The van der Waals surface area contributed by atoms with Gasteiger partial charge in [-0.2, -0.15) is 5.26 Å². The SMILES string of the molecule is C[C@@H]1CCCC[C@@H]1NC(=O)/C(C#N)=C/c1ccncc1. The third-order valence-corrected chi connectivity index (χ3v) is 3.81. The van der Waals surface area contributed by atoms with E-state index < -0.39 is 0 Å². The highest BCUT2D eigenvalue weighted by Crippen LogP contribution is 2.24. The van der Waals surface area contributed by atoms with Crippen LogP contribution in [0.25, 0.3) is 6.08 Å². The molecule has 0 spiro atoms. The number of hydrogen-bond donors (Lipinski definition) is 1. The summed E-state index contributed by atoms with van der Waals surface area (Å²) in [6.45, 7) is 2.16. The number of carbonyl (C=O) groups excluding carboxylic acids is 1. The minimum absolute atomic E-state index is 0.147. The van der Waals surface area contributed by atoms with Crippen molar-refractivity contribution in [1.29, 1.82) is 5.26 Å². The molecule has 104 valence electrons. The van der Waals surface area contributed by atoms with E-state index in [0.717, 1.165) is 24.8 Å². The lowest BCUT2D eigenvalue weighted by Gasteiger charge is -2.29. The van der Waals surface area contributed by atoms with Crippen LogP contribution in [0.1, 0.15) is 38.2 Å². The Bertz CT molecular complexity index is 530. The first kappa shape index (κ1) is 14.3. The van der Waals surface area contributed by atoms with E-state index >= 15 is 0 Å². The molecule has 0 aromatic carbocycles. The Labute approximate surface area is 119 Å². The molecule has 1 heterocycles. The van der Waals surface area contributed by atoms with Crippen molar-refractivity contribution in [1.82, 2.24) is 10.3 Å². The van der Waals surface area contributed by atoms with Gasteiger partial charge in [0.15, 0.2) is 0 Å². The highest BCUT2D eigenvalue weighted by atomic mass is 16.1. The molecule has 20 heavy (non-hydrogen) atoms. The number of nitriles is 1. The Morgan fingerprint density at radius 1 is 1.40 bits per heavy atom. The largest absolute Gasteiger partial charge is 0.348 e. The number of nitrogens with zero attached hydrogens (tertiary/aromatic N) is 2. The number of pyridine rings is 1. The summed E-state index contributed by atoms with van der Waals surface area (Å²) in [7, 11) is 0. The van der Waals surface area contributed by atoms with Crippen LogP contribution in [0.15, 0.2) is 30.1 Å². The van der Waals surface area contributed by atoms with Crippen molar-refractivity contribution >= 4 is 12.0 Å². The molecule has 1 aromatic heterocycles. The summed E-state index contributed by atoms with van der Waals surface area (Å²) in [4.78, 5) is 16.1. The Hall–Kier alpha value is -2.15. The van der Waals surface area contributed by atoms with Gasteiger partial charge in [-0.15, -0.1) is 0 Å². The predicted molar refractivity (Wildman–Crippen MR) is 77.4 cm³/mol. The van der Waals surface area contributed by atoms with E-state index in [1.807, 2.05) is 6.07 Å². The average molecular weight is 269 g/mol. The molecular weight excluding hydrogens is 250 g/mol. The van der Waals surface area contributed by atoms with E-state index in [2.05, 4.69) is 17.2 Å². The molecule has 0 saturated heterocycles. The molecule has 1 aliphatic rings. The molecular formula is C16H19N3O. The molecule has 1 saturated carbocycles. The zero-order valence-electron chi connectivity index (χ0n) is 11.7. The normalized spacial score (nSPS) is 22.9. The molecule has 1 amide bonds. The van der Waals surface area contributed by atoms with E-state index in [-0.39, 0.29) is 17.5 Å². The van der Waals surface area contributed by atoms with Crippen LogP contribution in [0.3, 0.4) is 0 Å². The topological polar surface area (TPSA) is 65.8 Å². The predicted octanol–water partition coefficient (Wildman–Crippen LogP) is 2.68. The van der Waals surface area contributed by atoms with Gasteiger partial charge >= 0.3 is 0 Å². The van der Waals surface area contributed by atoms with Crippen molar-refractivity contribution in [3.63, 3.8) is 0 Å². The molecule has 2 rings (SSSR count). The van der Waals surface area contributed by atoms with E-state index in [1.165, 1.54) is 6.42 Å². The molecule has 0 unspecified atom stereocenters. The lowest BCUT2D eigenvalue weighted by molar-refractivity contribution is -0.118. The zero-order chi connectivity index (χ0) is 14.4. The Balaban J connectivity index is 2.06. The first-order valence-corrected chi connectivity index (χ1v) is 7.03. The van der Waals surface area contributed by atoms with Crippen molar-refractivity contribution in [2.24, 2.45) is 5.92 Å². The maximum Gasteiger partial charge on any atom is 0.262 e. The van der Waals surface area contributed by atoms with Crippen molar-refractivity contribution in [3.05, 3.63) is 35.7 Å². The Kier molecular flexibility index (Phi) is 4.89. The fourth-order valence-corrected chi connectivity index (χ4v) is 2.55. The van der Waals surface area contributed by atoms with Crippen molar-refractivity contribution < 1.29 is 4.79 Å². The second-order valence-corrected chi connectivity index (χ2v) is 5.29. The van der Waals surface area contributed by atoms with Crippen molar-refractivity contribution in [2.75, 3.05) is 0 Å². The zero-order valence-corrected chi connectivity index (χ0v) is 11.7. The lowest BCUT2D eigenvalue weighted by atomic mass is 9.86. The van der Waals surface area contributed by atoms with E-state index in [9.17, 15) is 4.79 Å². The van der Waals surface area contributed by atoms with Gasteiger partial charge < -0.3 is 5.32 Å². The molecule has 0 radical (unpaired) electrons. The number of nitrogens with one attached hydrogen (secondary N) is 1. The van der Waals surface area contributed by atoms with Gasteiger partial charge in [0.1, 0.15) is 11.6 Å². The van der Waals surface area contributed by atoms with Gasteiger partial charge in [-0.1, -0.05) is 19.8 Å². The molecule has 1 N–H and O–H groups in total.